The molecule has 1 rings (SSSR count). The number of esters is 1. The second-order valence-corrected chi connectivity index (χ2v) is 4.20. The van der Waals surface area contributed by atoms with E-state index in [2.05, 4.69) is 9.72 Å². The fourth-order valence-electron chi connectivity index (χ4n) is 1.93. The summed E-state index contributed by atoms with van der Waals surface area (Å²) in [6.07, 6.45) is 0. The van der Waals surface area contributed by atoms with Crippen molar-refractivity contribution in [3.8, 4) is 0 Å². The second-order valence-electron chi connectivity index (χ2n) is 4.20. The number of carbonyl (C=O) groups excluding carboxylic acids is 3. The van der Waals surface area contributed by atoms with Crippen LogP contribution in [0.15, 0.2) is 0 Å². The summed E-state index contributed by atoms with van der Waals surface area (Å²) >= 11 is 0. The Balaban J connectivity index is 2.81. The van der Waals surface area contributed by atoms with Crippen molar-refractivity contribution in [1.82, 2.24) is 4.98 Å². The van der Waals surface area contributed by atoms with E-state index < -0.39 is 5.97 Å². The number of aromatic nitrogens is 1. The number of hydrogen-bond acceptors (Lipinski definition) is 5. The second kappa shape index (κ2) is 6.29. The fourth-order valence-corrected chi connectivity index (χ4v) is 1.93. The molecule has 0 spiro atoms. The first-order valence-electron chi connectivity index (χ1n) is 5.76. The average molecular weight is 267 g/mol. The number of methoxy groups -OCH3 is 1. The van der Waals surface area contributed by atoms with E-state index in [9.17, 15) is 14.4 Å². The first kappa shape index (κ1) is 15.1. The van der Waals surface area contributed by atoms with Gasteiger partial charge in [0.2, 0.25) is 5.78 Å². The number of rotatable bonds is 6. The molecule has 0 aromatic carbocycles. The van der Waals surface area contributed by atoms with Gasteiger partial charge in [-0.1, -0.05) is 0 Å². The van der Waals surface area contributed by atoms with Gasteiger partial charge in [-0.2, -0.15) is 0 Å². The SMILES string of the molecule is COCC(=O)OCC(=O)c1[nH]c(C)c(C(C)=O)c1C. The molecule has 19 heavy (non-hydrogen) atoms. The lowest BCUT2D eigenvalue weighted by atomic mass is 10.1. The van der Waals surface area contributed by atoms with Crippen molar-refractivity contribution < 1.29 is 23.9 Å². The Morgan fingerprint density at radius 1 is 1.16 bits per heavy atom. The van der Waals surface area contributed by atoms with Crippen molar-refractivity contribution in [3.63, 3.8) is 0 Å². The topological polar surface area (TPSA) is 85.5 Å². The Hall–Kier alpha value is -1.95. The molecule has 1 heterocycles. The van der Waals surface area contributed by atoms with Crippen molar-refractivity contribution in [2.75, 3.05) is 20.3 Å². The third kappa shape index (κ3) is 3.51. The van der Waals surface area contributed by atoms with Gasteiger partial charge in [0, 0.05) is 18.4 Å². The van der Waals surface area contributed by atoms with Gasteiger partial charge < -0.3 is 14.5 Å². The summed E-state index contributed by atoms with van der Waals surface area (Å²) in [6.45, 7) is 4.27. The molecule has 0 aliphatic heterocycles. The standard InChI is InChI=1S/C13H17NO5/c1-7-12(9(3)15)8(2)14-13(7)10(16)5-19-11(17)6-18-4/h14H,5-6H2,1-4H3. The summed E-state index contributed by atoms with van der Waals surface area (Å²) in [4.78, 5) is 37.3. The number of ether oxygens (including phenoxy) is 2. The number of ketones is 2. The van der Waals surface area contributed by atoms with Gasteiger partial charge in [0.25, 0.3) is 0 Å². The predicted octanol–water partition coefficient (Wildman–Crippen LogP) is 1.21. The summed E-state index contributed by atoms with van der Waals surface area (Å²) in [5.74, 6) is -1.09. The lowest BCUT2D eigenvalue weighted by Gasteiger charge is -2.03. The minimum absolute atomic E-state index is 0.110. The molecule has 104 valence electrons. The smallest absolute Gasteiger partial charge is 0.332 e. The minimum atomic E-state index is -0.608. The normalized spacial score (nSPS) is 10.3. The van der Waals surface area contributed by atoms with Crippen LogP contribution in [0.2, 0.25) is 0 Å². The molecular formula is C13H17NO5. The van der Waals surface area contributed by atoms with E-state index in [1.165, 1.54) is 14.0 Å². The zero-order chi connectivity index (χ0) is 14.6. The zero-order valence-corrected chi connectivity index (χ0v) is 11.5. The molecule has 0 fully saturated rings. The number of aromatic amines is 1. The Morgan fingerprint density at radius 3 is 2.26 bits per heavy atom. The Bertz CT molecular complexity index is 515. The van der Waals surface area contributed by atoms with E-state index in [1.807, 2.05) is 0 Å². The van der Waals surface area contributed by atoms with Crippen molar-refractivity contribution in [2.24, 2.45) is 0 Å². The number of Topliss-reactive ketones (excluding diaryl/α,β-unsaturated/α-hetero) is 2. The van der Waals surface area contributed by atoms with Crippen molar-refractivity contribution in [3.05, 3.63) is 22.5 Å². The van der Waals surface area contributed by atoms with Crippen LogP contribution in [0.3, 0.4) is 0 Å². The quantitative estimate of drug-likeness (QED) is 0.618. The van der Waals surface area contributed by atoms with Gasteiger partial charge in [0.05, 0.1) is 5.69 Å². The van der Waals surface area contributed by atoms with Gasteiger partial charge in [0.1, 0.15) is 6.61 Å². The van der Waals surface area contributed by atoms with Crippen LogP contribution >= 0.6 is 0 Å². The van der Waals surface area contributed by atoms with E-state index >= 15 is 0 Å². The number of H-pyrrole nitrogens is 1. The average Bonchev–Trinajstić information content (AvgIpc) is 2.62. The molecule has 0 aliphatic carbocycles. The van der Waals surface area contributed by atoms with E-state index in [1.54, 1.807) is 13.8 Å². The molecular weight excluding hydrogens is 250 g/mol. The van der Waals surface area contributed by atoms with Gasteiger partial charge >= 0.3 is 5.97 Å². The number of hydrogen-bond donors (Lipinski definition) is 1. The van der Waals surface area contributed by atoms with Gasteiger partial charge in [-0.25, -0.2) is 4.79 Å². The van der Waals surface area contributed by atoms with Gasteiger partial charge in [-0.3, -0.25) is 9.59 Å². The van der Waals surface area contributed by atoms with Gasteiger partial charge in [0.15, 0.2) is 12.4 Å². The Kier molecular flexibility index (Phi) is 5.00. The van der Waals surface area contributed by atoms with E-state index in [4.69, 9.17) is 4.74 Å². The molecule has 1 aromatic rings. The third-order valence-corrected chi connectivity index (χ3v) is 2.69. The van der Waals surface area contributed by atoms with Gasteiger partial charge in [-0.05, 0) is 26.3 Å². The van der Waals surface area contributed by atoms with Crippen LogP contribution in [0, 0.1) is 13.8 Å². The van der Waals surface area contributed by atoms with Crippen LogP contribution in [-0.2, 0) is 14.3 Å². The van der Waals surface area contributed by atoms with E-state index in [0.717, 1.165) is 0 Å². The van der Waals surface area contributed by atoms with Crippen molar-refractivity contribution in [1.29, 1.82) is 0 Å². The maximum absolute atomic E-state index is 11.9. The third-order valence-electron chi connectivity index (χ3n) is 2.69. The molecule has 6 heteroatoms. The van der Waals surface area contributed by atoms with Crippen LogP contribution in [0.1, 0.15) is 39.0 Å². The fraction of sp³-hybridized carbons (Fsp3) is 0.462. The number of nitrogens with one attached hydrogen (secondary N) is 1. The maximum atomic E-state index is 11.9. The van der Waals surface area contributed by atoms with Crippen LogP contribution in [0.5, 0.6) is 0 Å². The maximum Gasteiger partial charge on any atom is 0.332 e. The Morgan fingerprint density at radius 2 is 1.79 bits per heavy atom. The van der Waals surface area contributed by atoms with Crippen molar-refractivity contribution in [2.45, 2.75) is 20.8 Å². The van der Waals surface area contributed by atoms with Crippen molar-refractivity contribution >= 4 is 17.5 Å². The first-order valence-corrected chi connectivity index (χ1v) is 5.76. The molecule has 0 atom stereocenters. The lowest BCUT2D eigenvalue weighted by Crippen LogP contribution is -2.18. The zero-order valence-electron chi connectivity index (χ0n) is 11.5. The van der Waals surface area contributed by atoms with Crippen LogP contribution in [0.4, 0.5) is 0 Å². The van der Waals surface area contributed by atoms with E-state index in [-0.39, 0.29) is 24.8 Å². The van der Waals surface area contributed by atoms with Crippen LogP contribution in [-0.4, -0.2) is 42.8 Å². The molecule has 0 bridgehead atoms. The largest absolute Gasteiger partial charge is 0.456 e. The summed E-state index contributed by atoms with van der Waals surface area (Å²) in [5.41, 5.74) is 2.02. The summed E-state index contributed by atoms with van der Waals surface area (Å²) in [5, 5.41) is 0. The summed E-state index contributed by atoms with van der Waals surface area (Å²) < 4.78 is 9.33. The highest BCUT2D eigenvalue weighted by Gasteiger charge is 2.20. The molecule has 0 amide bonds. The van der Waals surface area contributed by atoms with Gasteiger partial charge in [-0.15, -0.1) is 0 Å². The molecule has 0 radical (unpaired) electrons. The monoisotopic (exact) mass is 267 g/mol. The predicted molar refractivity (Wildman–Crippen MR) is 67.4 cm³/mol. The highest BCUT2D eigenvalue weighted by Crippen LogP contribution is 2.18. The molecule has 6 nitrogen and oxygen atoms in total. The minimum Gasteiger partial charge on any atom is -0.456 e. The van der Waals surface area contributed by atoms with Crippen LogP contribution < -0.4 is 0 Å². The number of aryl methyl sites for hydroxylation is 1. The highest BCUT2D eigenvalue weighted by molar-refractivity contribution is 6.04. The summed E-state index contributed by atoms with van der Waals surface area (Å²) in [6, 6.07) is 0. The van der Waals surface area contributed by atoms with E-state index in [0.29, 0.717) is 22.5 Å². The molecule has 1 N–H and O–H groups in total. The lowest BCUT2D eigenvalue weighted by molar-refractivity contribution is -0.146. The molecule has 0 saturated heterocycles. The molecule has 0 saturated carbocycles. The summed E-state index contributed by atoms with van der Waals surface area (Å²) in [7, 11) is 1.36. The molecule has 0 aliphatic rings. The van der Waals surface area contributed by atoms with Crippen LogP contribution in [0.25, 0.3) is 0 Å². The Labute approximate surface area is 111 Å². The number of carbonyl (C=O) groups is 3. The molecule has 1 aromatic heterocycles. The first-order chi connectivity index (χ1) is 8.88. The highest BCUT2D eigenvalue weighted by atomic mass is 16.6. The molecule has 0 unspecified atom stereocenters.